The number of hydrogen-bond donors (Lipinski definition) is 1. The SMILES string of the molecule is COC(=O)CCCCCNC(=O)c1cccc(C)c1. The minimum atomic E-state index is -0.177. The third-order valence-electron chi connectivity index (χ3n) is 2.85. The minimum absolute atomic E-state index is 0.0448. The molecule has 0 radical (unpaired) electrons. The molecular formula is C15H21NO3. The molecule has 0 bridgehead atoms. The van der Waals surface area contributed by atoms with E-state index < -0.39 is 0 Å². The molecule has 0 saturated carbocycles. The van der Waals surface area contributed by atoms with Crippen LogP contribution in [0.3, 0.4) is 0 Å². The number of aryl methyl sites for hydroxylation is 1. The van der Waals surface area contributed by atoms with E-state index in [2.05, 4.69) is 10.1 Å². The van der Waals surface area contributed by atoms with Gasteiger partial charge in [-0.2, -0.15) is 0 Å². The second kappa shape index (κ2) is 8.29. The second-order valence-corrected chi connectivity index (χ2v) is 4.51. The fourth-order valence-electron chi connectivity index (χ4n) is 1.76. The van der Waals surface area contributed by atoms with Gasteiger partial charge in [0, 0.05) is 18.5 Å². The van der Waals surface area contributed by atoms with E-state index in [4.69, 9.17) is 0 Å². The lowest BCUT2D eigenvalue weighted by Crippen LogP contribution is -2.24. The number of esters is 1. The summed E-state index contributed by atoms with van der Waals surface area (Å²) >= 11 is 0. The van der Waals surface area contributed by atoms with Gasteiger partial charge in [0.25, 0.3) is 5.91 Å². The first kappa shape index (κ1) is 15.2. The molecule has 4 nitrogen and oxygen atoms in total. The largest absolute Gasteiger partial charge is 0.469 e. The van der Waals surface area contributed by atoms with Gasteiger partial charge in [-0.25, -0.2) is 0 Å². The van der Waals surface area contributed by atoms with Crippen LogP contribution in [-0.2, 0) is 9.53 Å². The normalized spacial score (nSPS) is 10.0. The van der Waals surface area contributed by atoms with Crippen molar-refractivity contribution in [3.05, 3.63) is 35.4 Å². The van der Waals surface area contributed by atoms with E-state index in [0.717, 1.165) is 24.8 Å². The molecule has 0 aliphatic rings. The number of carbonyl (C=O) groups excluding carboxylic acids is 2. The van der Waals surface area contributed by atoms with Crippen LogP contribution < -0.4 is 5.32 Å². The smallest absolute Gasteiger partial charge is 0.305 e. The Hall–Kier alpha value is -1.84. The summed E-state index contributed by atoms with van der Waals surface area (Å²) < 4.78 is 4.56. The summed E-state index contributed by atoms with van der Waals surface area (Å²) in [5.41, 5.74) is 1.76. The summed E-state index contributed by atoms with van der Waals surface area (Å²) in [4.78, 5) is 22.7. The van der Waals surface area contributed by atoms with Gasteiger partial charge in [0.05, 0.1) is 7.11 Å². The molecule has 0 fully saturated rings. The van der Waals surface area contributed by atoms with Crippen LogP contribution in [0.1, 0.15) is 41.6 Å². The van der Waals surface area contributed by atoms with Crippen LogP contribution in [0.25, 0.3) is 0 Å². The zero-order chi connectivity index (χ0) is 14.1. The molecule has 0 aromatic heterocycles. The Kier molecular flexibility index (Phi) is 6.64. The lowest BCUT2D eigenvalue weighted by molar-refractivity contribution is -0.140. The van der Waals surface area contributed by atoms with Crippen molar-refractivity contribution >= 4 is 11.9 Å². The summed E-state index contributed by atoms with van der Waals surface area (Å²) in [6.45, 7) is 2.59. The molecule has 0 atom stereocenters. The van der Waals surface area contributed by atoms with Crippen molar-refractivity contribution in [1.29, 1.82) is 0 Å². The lowest BCUT2D eigenvalue weighted by atomic mass is 10.1. The number of nitrogens with one attached hydrogen (secondary N) is 1. The van der Waals surface area contributed by atoms with Crippen LogP contribution in [0.5, 0.6) is 0 Å². The Morgan fingerprint density at radius 1 is 1.21 bits per heavy atom. The van der Waals surface area contributed by atoms with Crippen LogP contribution >= 0.6 is 0 Å². The predicted octanol–water partition coefficient (Wildman–Crippen LogP) is 2.46. The Labute approximate surface area is 114 Å². The number of ether oxygens (including phenoxy) is 1. The highest BCUT2D eigenvalue weighted by Gasteiger charge is 2.04. The topological polar surface area (TPSA) is 55.4 Å². The summed E-state index contributed by atoms with van der Waals surface area (Å²) in [5, 5.41) is 2.87. The fraction of sp³-hybridized carbons (Fsp3) is 0.467. The molecule has 0 spiro atoms. The maximum Gasteiger partial charge on any atom is 0.305 e. The zero-order valence-corrected chi connectivity index (χ0v) is 11.6. The van der Waals surface area contributed by atoms with Gasteiger partial charge < -0.3 is 10.1 Å². The van der Waals surface area contributed by atoms with Gasteiger partial charge in [-0.05, 0) is 31.9 Å². The molecule has 104 valence electrons. The van der Waals surface area contributed by atoms with E-state index >= 15 is 0 Å². The van der Waals surface area contributed by atoms with Crippen LogP contribution in [0, 0.1) is 6.92 Å². The highest BCUT2D eigenvalue weighted by atomic mass is 16.5. The van der Waals surface area contributed by atoms with Gasteiger partial charge in [-0.1, -0.05) is 24.1 Å². The molecule has 1 amide bonds. The van der Waals surface area contributed by atoms with Crippen LogP contribution in [0.15, 0.2) is 24.3 Å². The molecule has 1 aromatic rings. The Bertz CT molecular complexity index is 429. The number of amides is 1. The van der Waals surface area contributed by atoms with Crippen LogP contribution in [-0.4, -0.2) is 25.5 Å². The number of rotatable bonds is 7. The maximum atomic E-state index is 11.8. The monoisotopic (exact) mass is 263 g/mol. The molecule has 19 heavy (non-hydrogen) atoms. The third-order valence-corrected chi connectivity index (χ3v) is 2.85. The fourth-order valence-corrected chi connectivity index (χ4v) is 1.76. The number of unbranched alkanes of at least 4 members (excludes halogenated alkanes) is 2. The van der Waals surface area contributed by atoms with Crippen LogP contribution in [0.2, 0.25) is 0 Å². The summed E-state index contributed by atoms with van der Waals surface area (Å²) in [6, 6.07) is 7.51. The standard InChI is InChI=1S/C15H21NO3/c1-12-7-6-8-13(11-12)15(18)16-10-5-3-4-9-14(17)19-2/h6-8,11H,3-5,9-10H2,1-2H3,(H,16,18). The molecule has 0 heterocycles. The number of hydrogen-bond acceptors (Lipinski definition) is 3. The van der Waals surface area contributed by atoms with E-state index in [0.29, 0.717) is 18.5 Å². The average molecular weight is 263 g/mol. The molecule has 1 aromatic carbocycles. The molecular weight excluding hydrogens is 242 g/mol. The Balaban J connectivity index is 2.16. The predicted molar refractivity (Wildman–Crippen MR) is 74.0 cm³/mol. The summed E-state index contributed by atoms with van der Waals surface area (Å²) in [5.74, 6) is -0.222. The quantitative estimate of drug-likeness (QED) is 0.607. The molecule has 0 unspecified atom stereocenters. The van der Waals surface area contributed by atoms with E-state index in [1.165, 1.54) is 7.11 Å². The Morgan fingerprint density at radius 2 is 2.00 bits per heavy atom. The van der Waals surface area contributed by atoms with Gasteiger partial charge >= 0.3 is 5.97 Å². The summed E-state index contributed by atoms with van der Waals surface area (Å²) in [7, 11) is 1.39. The van der Waals surface area contributed by atoms with E-state index in [1.807, 2.05) is 25.1 Å². The van der Waals surface area contributed by atoms with E-state index in [9.17, 15) is 9.59 Å². The first-order valence-electron chi connectivity index (χ1n) is 6.55. The van der Waals surface area contributed by atoms with Crippen LogP contribution in [0.4, 0.5) is 0 Å². The van der Waals surface area contributed by atoms with Gasteiger partial charge in [0.15, 0.2) is 0 Å². The van der Waals surface area contributed by atoms with Crippen molar-refractivity contribution in [3.8, 4) is 0 Å². The van der Waals surface area contributed by atoms with Crippen molar-refractivity contribution in [3.63, 3.8) is 0 Å². The van der Waals surface area contributed by atoms with Gasteiger partial charge in [0.2, 0.25) is 0 Å². The maximum absolute atomic E-state index is 11.8. The number of carbonyl (C=O) groups is 2. The minimum Gasteiger partial charge on any atom is -0.469 e. The average Bonchev–Trinajstić information content (AvgIpc) is 2.42. The molecule has 0 aliphatic heterocycles. The van der Waals surface area contributed by atoms with Gasteiger partial charge in [-0.15, -0.1) is 0 Å². The highest BCUT2D eigenvalue weighted by molar-refractivity contribution is 5.94. The van der Waals surface area contributed by atoms with Crippen molar-refractivity contribution in [1.82, 2.24) is 5.32 Å². The molecule has 1 N–H and O–H groups in total. The van der Waals surface area contributed by atoms with Crippen molar-refractivity contribution in [2.75, 3.05) is 13.7 Å². The van der Waals surface area contributed by atoms with Gasteiger partial charge in [0.1, 0.15) is 0 Å². The first-order chi connectivity index (χ1) is 9.13. The lowest BCUT2D eigenvalue weighted by Gasteiger charge is -2.05. The van der Waals surface area contributed by atoms with Crippen molar-refractivity contribution in [2.24, 2.45) is 0 Å². The third kappa shape index (κ3) is 6.04. The van der Waals surface area contributed by atoms with Crippen molar-refractivity contribution in [2.45, 2.75) is 32.6 Å². The second-order valence-electron chi connectivity index (χ2n) is 4.51. The van der Waals surface area contributed by atoms with Gasteiger partial charge in [-0.3, -0.25) is 9.59 Å². The first-order valence-corrected chi connectivity index (χ1v) is 6.55. The molecule has 4 heteroatoms. The number of benzene rings is 1. The number of methoxy groups -OCH3 is 1. The molecule has 1 rings (SSSR count). The zero-order valence-electron chi connectivity index (χ0n) is 11.6. The van der Waals surface area contributed by atoms with E-state index in [-0.39, 0.29) is 11.9 Å². The van der Waals surface area contributed by atoms with Crippen molar-refractivity contribution < 1.29 is 14.3 Å². The highest BCUT2D eigenvalue weighted by Crippen LogP contribution is 2.04. The van der Waals surface area contributed by atoms with E-state index in [1.54, 1.807) is 6.07 Å². The molecule has 0 aliphatic carbocycles. The summed E-state index contributed by atoms with van der Waals surface area (Å²) in [6.07, 6.45) is 3.02. The Morgan fingerprint density at radius 3 is 2.68 bits per heavy atom. The molecule has 0 saturated heterocycles.